The molecule has 0 bridgehead atoms. The van der Waals surface area contributed by atoms with Crippen LogP contribution >= 0.6 is 27.5 Å². The van der Waals surface area contributed by atoms with Gasteiger partial charge in [0.15, 0.2) is 0 Å². The molecule has 2 aromatic rings. The van der Waals surface area contributed by atoms with Crippen molar-refractivity contribution in [2.24, 2.45) is 0 Å². The first-order valence-electron chi connectivity index (χ1n) is 6.10. The molecule has 0 nitrogen and oxygen atoms in total. The van der Waals surface area contributed by atoms with Gasteiger partial charge < -0.3 is 0 Å². The standard InChI is InChI=1S/C16H16BrCl/c1-3-12-5-8-13(9-6-12)16(18)14-7-4-11(2)15(17)10-14/h4-10,16H,3H2,1-2H3. The lowest BCUT2D eigenvalue weighted by atomic mass is 10.0. The van der Waals surface area contributed by atoms with E-state index in [1.54, 1.807) is 0 Å². The predicted molar refractivity (Wildman–Crippen MR) is 82.4 cm³/mol. The van der Waals surface area contributed by atoms with E-state index in [2.05, 4.69) is 72.2 Å². The Hall–Kier alpha value is -0.790. The van der Waals surface area contributed by atoms with E-state index in [-0.39, 0.29) is 5.38 Å². The predicted octanol–water partition coefficient (Wildman–Crippen LogP) is 5.65. The van der Waals surface area contributed by atoms with E-state index in [9.17, 15) is 0 Å². The monoisotopic (exact) mass is 322 g/mol. The molecule has 0 N–H and O–H groups in total. The average Bonchev–Trinajstić information content (AvgIpc) is 2.41. The van der Waals surface area contributed by atoms with Crippen LogP contribution in [-0.2, 0) is 6.42 Å². The summed E-state index contributed by atoms with van der Waals surface area (Å²) in [7, 11) is 0. The van der Waals surface area contributed by atoms with Crippen molar-refractivity contribution in [2.75, 3.05) is 0 Å². The van der Waals surface area contributed by atoms with E-state index >= 15 is 0 Å². The second-order valence-corrected chi connectivity index (χ2v) is 5.76. The van der Waals surface area contributed by atoms with Gasteiger partial charge in [0.05, 0.1) is 5.38 Å². The van der Waals surface area contributed by atoms with E-state index < -0.39 is 0 Å². The molecule has 1 unspecified atom stereocenters. The fourth-order valence-corrected chi connectivity index (χ4v) is 2.56. The Morgan fingerprint density at radius 1 is 1.06 bits per heavy atom. The van der Waals surface area contributed by atoms with Crippen LogP contribution in [0.3, 0.4) is 0 Å². The van der Waals surface area contributed by atoms with Gasteiger partial charge in [0.2, 0.25) is 0 Å². The Morgan fingerprint density at radius 2 is 1.67 bits per heavy atom. The van der Waals surface area contributed by atoms with Crippen LogP contribution in [0.5, 0.6) is 0 Å². The summed E-state index contributed by atoms with van der Waals surface area (Å²) in [6.45, 7) is 4.23. The Kier molecular flexibility index (Phi) is 4.47. The molecule has 94 valence electrons. The zero-order chi connectivity index (χ0) is 13.1. The van der Waals surface area contributed by atoms with Gasteiger partial charge in [0.25, 0.3) is 0 Å². The highest BCUT2D eigenvalue weighted by Gasteiger charge is 2.11. The van der Waals surface area contributed by atoms with Crippen molar-refractivity contribution < 1.29 is 0 Å². The lowest BCUT2D eigenvalue weighted by molar-refractivity contribution is 1.10. The molecule has 2 heteroatoms. The van der Waals surface area contributed by atoms with Gasteiger partial charge in [-0.3, -0.25) is 0 Å². The molecule has 0 amide bonds. The Balaban J connectivity index is 2.28. The molecule has 0 fully saturated rings. The number of aryl methyl sites for hydroxylation is 2. The minimum absolute atomic E-state index is 0.0900. The van der Waals surface area contributed by atoms with Gasteiger partial charge in [-0.05, 0) is 41.7 Å². The van der Waals surface area contributed by atoms with Gasteiger partial charge in [-0.2, -0.15) is 0 Å². The number of hydrogen-bond acceptors (Lipinski definition) is 0. The quantitative estimate of drug-likeness (QED) is 0.640. The van der Waals surface area contributed by atoms with Crippen LogP contribution in [0, 0.1) is 6.92 Å². The number of halogens is 2. The first-order valence-corrected chi connectivity index (χ1v) is 7.33. The number of rotatable bonds is 3. The van der Waals surface area contributed by atoms with E-state index in [1.807, 2.05) is 0 Å². The zero-order valence-corrected chi connectivity index (χ0v) is 12.9. The summed E-state index contributed by atoms with van der Waals surface area (Å²) in [5.41, 5.74) is 4.83. The molecule has 0 aliphatic carbocycles. The van der Waals surface area contributed by atoms with Crippen molar-refractivity contribution >= 4 is 27.5 Å². The lowest BCUT2D eigenvalue weighted by Gasteiger charge is -2.12. The fraction of sp³-hybridized carbons (Fsp3) is 0.250. The van der Waals surface area contributed by atoms with Crippen molar-refractivity contribution in [3.05, 3.63) is 69.2 Å². The fourth-order valence-electron chi connectivity index (χ4n) is 1.88. The second-order valence-electron chi connectivity index (χ2n) is 4.47. The summed E-state index contributed by atoms with van der Waals surface area (Å²) in [5.74, 6) is 0. The Morgan fingerprint density at radius 3 is 2.22 bits per heavy atom. The van der Waals surface area contributed by atoms with Gasteiger partial charge in [-0.25, -0.2) is 0 Å². The van der Waals surface area contributed by atoms with Gasteiger partial charge in [-0.1, -0.05) is 59.3 Å². The molecule has 0 saturated heterocycles. The zero-order valence-electron chi connectivity index (χ0n) is 10.6. The number of hydrogen-bond donors (Lipinski definition) is 0. The third-order valence-corrected chi connectivity index (χ3v) is 4.53. The van der Waals surface area contributed by atoms with E-state index in [4.69, 9.17) is 11.6 Å². The molecule has 2 rings (SSSR count). The highest BCUT2D eigenvalue weighted by Crippen LogP contribution is 2.31. The van der Waals surface area contributed by atoms with Crippen LogP contribution in [0.1, 0.15) is 34.6 Å². The van der Waals surface area contributed by atoms with Crippen LogP contribution in [0.15, 0.2) is 46.9 Å². The molecule has 1 atom stereocenters. The van der Waals surface area contributed by atoms with Crippen LogP contribution in [0.2, 0.25) is 0 Å². The molecule has 0 saturated carbocycles. The van der Waals surface area contributed by atoms with Crippen molar-refractivity contribution in [1.82, 2.24) is 0 Å². The molecule has 0 aromatic heterocycles. The molecule has 18 heavy (non-hydrogen) atoms. The molecular formula is C16H16BrCl. The molecule has 0 spiro atoms. The third-order valence-electron chi connectivity index (χ3n) is 3.17. The minimum atomic E-state index is -0.0900. The molecule has 0 radical (unpaired) electrons. The Bertz CT molecular complexity index is 531. The second kappa shape index (κ2) is 5.90. The highest BCUT2D eigenvalue weighted by atomic mass is 79.9. The molecule has 2 aromatic carbocycles. The first kappa shape index (κ1) is 13.6. The first-order chi connectivity index (χ1) is 8.61. The summed E-state index contributed by atoms with van der Waals surface area (Å²) >= 11 is 10.1. The average molecular weight is 324 g/mol. The maximum Gasteiger partial charge on any atom is 0.0835 e. The summed E-state index contributed by atoms with van der Waals surface area (Å²) in [6, 6.07) is 14.8. The molecular weight excluding hydrogens is 308 g/mol. The topological polar surface area (TPSA) is 0 Å². The summed E-state index contributed by atoms with van der Waals surface area (Å²) in [4.78, 5) is 0. The van der Waals surface area contributed by atoms with Crippen molar-refractivity contribution in [1.29, 1.82) is 0 Å². The SMILES string of the molecule is CCc1ccc(C(Cl)c2ccc(C)c(Br)c2)cc1. The van der Waals surface area contributed by atoms with Crippen molar-refractivity contribution in [3.8, 4) is 0 Å². The number of alkyl halides is 1. The number of benzene rings is 2. The third kappa shape index (κ3) is 2.96. The summed E-state index contributed by atoms with van der Waals surface area (Å²) < 4.78 is 1.11. The van der Waals surface area contributed by atoms with E-state index in [1.165, 1.54) is 11.1 Å². The van der Waals surface area contributed by atoms with Gasteiger partial charge in [0.1, 0.15) is 0 Å². The van der Waals surface area contributed by atoms with Crippen molar-refractivity contribution in [2.45, 2.75) is 25.6 Å². The van der Waals surface area contributed by atoms with E-state index in [0.29, 0.717) is 0 Å². The molecule has 0 aliphatic heterocycles. The molecule has 0 heterocycles. The lowest BCUT2D eigenvalue weighted by Crippen LogP contribution is -1.94. The van der Waals surface area contributed by atoms with Crippen molar-refractivity contribution in [3.63, 3.8) is 0 Å². The highest BCUT2D eigenvalue weighted by molar-refractivity contribution is 9.10. The maximum absolute atomic E-state index is 6.53. The Labute approximate surface area is 122 Å². The summed E-state index contributed by atoms with van der Waals surface area (Å²) in [5, 5.41) is -0.0900. The maximum atomic E-state index is 6.53. The summed E-state index contributed by atoms with van der Waals surface area (Å²) in [6.07, 6.45) is 1.06. The van der Waals surface area contributed by atoms with Crippen LogP contribution in [0.25, 0.3) is 0 Å². The van der Waals surface area contributed by atoms with Gasteiger partial charge >= 0.3 is 0 Å². The minimum Gasteiger partial charge on any atom is -0.113 e. The van der Waals surface area contributed by atoms with E-state index in [0.717, 1.165) is 22.0 Å². The van der Waals surface area contributed by atoms with Gasteiger partial charge in [0, 0.05) is 4.47 Å². The smallest absolute Gasteiger partial charge is 0.0835 e. The normalized spacial score (nSPS) is 12.4. The van der Waals surface area contributed by atoms with Crippen LogP contribution < -0.4 is 0 Å². The van der Waals surface area contributed by atoms with Gasteiger partial charge in [-0.15, -0.1) is 11.6 Å². The molecule has 0 aliphatic rings. The van der Waals surface area contributed by atoms with Crippen LogP contribution in [0.4, 0.5) is 0 Å². The van der Waals surface area contributed by atoms with Crippen LogP contribution in [-0.4, -0.2) is 0 Å². The largest absolute Gasteiger partial charge is 0.113 e.